The second-order valence-electron chi connectivity index (χ2n) is 9.53. The molecule has 2 amide bonds. The van der Waals surface area contributed by atoms with Crippen molar-refractivity contribution in [1.82, 2.24) is 35.0 Å². The molecule has 10 nitrogen and oxygen atoms in total. The highest BCUT2D eigenvalue weighted by Crippen LogP contribution is 2.31. The summed E-state index contributed by atoms with van der Waals surface area (Å²) in [6.45, 7) is 4.12. The number of carbonyl (C=O) groups excluding carboxylic acids is 1. The van der Waals surface area contributed by atoms with Gasteiger partial charge in [-0.1, -0.05) is 24.3 Å². The maximum absolute atomic E-state index is 14.1. The quantitative estimate of drug-likeness (QED) is 0.358. The van der Waals surface area contributed by atoms with E-state index in [1.807, 2.05) is 37.3 Å². The van der Waals surface area contributed by atoms with Gasteiger partial charge >= 0.3 is 6.03 Å². The minimum atomic E-state index is -0.912. The van der Waals surface area contributed by atoms with Crippen LogP contribution in [0.5, 0.6) is 0 Å². The number of methoxy groups -OCH3 is 1. The number of benzene rings is 2. The Labute approximate surface area is 224 Å². The van der Waals surface area contributed by atoms with Gasteiger partial charge in [0.15, 0.2) is 11.6 Å². The number of nitrogens with one attached hydrogen (secondary N) is 2. The van der Waals surface area contributed by atoms with Gasteiger partial charge in [0.2, 0.25) is 0 Å². The number of urea groups is 1. The van der Waals surface area contributed by atoms with Gasteiger partial charge in [-0.05, 0) is 36.8 Å². The zero-order chi connectivity index (χ0) is 27.5. The molecule has 2 unspecified atom stereocenters. The van der Waals surface area contributed by atoms with E-state index in [0.29, 0.717) is 49.0 Å². The monoisotopic (exact) mass is 536 g/mol. The van der Waals surface area contributed by atoms with Crippen LogP contribution in [0.25, 0.3) is 17.1 Å². The summed E-state index contributed by atoms with van der Waals surface area (Å²) < 4.78 is 34.6. The zero-order valence-electron chi connectivity index (χ0n) is 21.9. The van der Waals surface area contributed by atoms with Gasteiger partial charge in [-0.15, -0.1) is 0 Å². The fraction of sp³-hybridized carbons (Fsp3) is 0.333. The highest BCUT2D eigenvalue weighted by molar-refractivity contribution is 5.91. The SMILES string of the molecule is COCCN1CC(NC(=O)Nc2c(C)c(-c3cnn(C)n3)nn2-c2ccccc2)C(c2ccc(F)c(F)c2)C1. The second kappa shape index (κ2) is 11.3. The summed E-state index contributed by atoms with van der Waals surface area (Å²) in [5.74, 6) is -1.57. The molecule has 1 aliphatic heterocycles. The summed E-state index contributed by atoms with van der Waals surface area (Å²) in [4.78, 5) is 17.0. The van der Waals surface area contributed by atoms with E-state index in [2.05, 4.69) is 25.7 Å². The number of aryl methyl sites for hydroxylation is 1. The minimum absolute atomic E-state index is 0.238. The van der Waals surface area contributed by atoms with Gasteiger partial charge in [-0.3, -0.25) is 10.2 Å². The fourth-order valence-electron chi connectivity index (χ4n) is 4.92. The first-order valence-electron chi connectivity index (χ1n) is 12.6. The molecule has 3 heterocycles. The van der Waals surface area contributed by atoms with Crippen LogP contribution in [0.15, 0.2) is 54.7 Å². The Hall–Kier alpha value is -4.16. The highest BCUT2D eigenvalue weighted by atomic mass is 19.2. The molecule has 2 aromatic heterocycles. The first-order chi connectivity index (χ1) is 18.8. The number of halogens is 2. The van der Waals surface area contributed by atoms with Crippen molar-refractivity contribution in [2.24, 2.45) is 7.05 Å². The number of hydrogen-bond donors (Lipinski definition) is 2. The molecule has 0 spiro atoms. The lowest BCUT2D eigenvalue weighted by atomic mass is 9.94. The minimum Gasteiger partial charge on any atom is -0.383 e. The molecule has 0 aliphatic carbocycles. The lowest BCUT2D eigenvalue weighted by Crippen LogP contribution is -2.42. The average Bonchev–Trinajstić information content (AvgIpc) is 3.62. The summed E-state index contributed by atoms with van der Waals surface area (Å²) in [6.07, 6.45) is 1.62. The molecular weight excluding hydrogens is 506 g/mol. The molecular formula is C27H30F2N8O2. The van der Waals surface area contributed by atoms with E-state index in [4.69, 9.17) is 9.84 Å². The van der Waals surface area contributed by atoms with Crippen LogP contribution in [0.3, 0.4) is 0 Å². The Morgan fingerprint density at radius 3 is 2.59 bits per heavy atom. The molecule has 12 heteroatoms. The Balaban J connectivity index is 1.42. The van der Waals surface area contributed by atoms with Crippen LogP contribution in [0.4, 0.5) is 19.4 Å². The number of carbonyl (C=O) groups is 1. The van der Waals surface area contributed by atoms with E-state index in [-0.39, 0.29) is 12.0 Å². The van der Waals surface area contributed by atoms with Crippen LogP contribution >= 0.6 is 0 Å². The number of hydrogen-bond acceptors (Lipinski definition) is 6. The molecule has 1 fully saturated rings. The van der Waals surface area contributed by atoms with Crippen molar-refractivity contribution in [3.05, 3.63) is 77.5 Å². The molecule has 2 aromatic carbocycles. The van der Waals surface area contributed by atoms with Crippen LogP contribution in [-0.4, -0.2) is 75.1 Å². The molecule has 5 rings (SSSR count). The lowest BCUT2D eigenvalue weighted by molar-refractivity contribution is 0.159. The predicted molar refractivity (Wildman–Crippen MR) is 142 cm³/mol. The molecule has 39 heavy (non-hydrogen) atoms. The van der Waals surface area contributed by atoms with E-state index < -0.39 is 17.7 Å². The fourth-order valence-corrected chi connectivity index (χ4v) is 4.92. The van der Waals surface area contributed by atoms with Crippen molar-refractivity contribution in [3.63, 3.8) is 0 Å². The molecule has 2 N–H and O–H groups in total. The number of amides is 2. The largest absolute Gasteiger partial charge is 0.383 e. The van der Waals surface area contributed by atoms with Crippen molar-refractivity contribution < 1.29 is 18.3 Å². The van der Waals surface area contributed by atoms with Gasteiger partial charge in [0.1, 0.15) is 17.2 Å². The van der Waals surface area contributed by atoms with Crippen LogP contribution in [0.2, 0.25) is 0 Å². The third-order valence-electron chi connectivity index (χ3n) is 6.89. The Morgan fingerprint density at radius 2 is 1.90 bits per heavy atom. The molecule has 204 valence electrons. The average molecular weight is 537 g/mol. The number of likely N-dealkylation sites (tertiary alicyclic amines) is 1. The van der Waals surface area contributed by atoms with Crippen molar-refractivity contribution >= 4 is 11.8 Å². The summed E-state index contributed by atoms with van der Waals surface area (Å²) in [7, 11) is 3.35. The van der Waals surface area contributed by atoms with E-state index in [0.717, 1.165) is 17.3 Å². The number of rotatable bonds is 8. The summed E-state index contributed by atoms with van der Waals surface area (Å²) in [5, 5.41) is 19.3. The topological polar surface area (TPSA) is 102 Å². The molecule has 2 atom stereocenters. The molecule has 1 saturated heterocycles. The number of nitrogens with zero attached hydrogens (tertiary/aromatic N) is 6. The van der Waals surface area contributed by atoms with Crippen molar-refractivity contribution in [3.8, 4) is 17.1 Å². The van der Waals surface area contributed by atoms with Crippen LogP contribution in [0.1, 0.15) is 17.0 Å². The molecule has 0 saturated carbocycles. The maximum atomic E-state index is 14.1. The maximum Gasteiger partial charge on any atom is 0.320 e. The Bertz CT molecular complexity index is 1460. The molecule has 4 aromatic rings. The first kappa shape index (κ1) is 26.4. The van der Waals surface area contributed by atoms with Gasteiger partial charge in [-0.2, -0.15) is 20.1 Å². The van der Waals surface area contributed by atoms with Crippen molar-refractivity contribution in [1.29, 1.82) is 0 Å². The van der Waals surface area contributed by atoms with E-state index in [9.17, 15) is 13.6 Å². The van der Waals surface area contributed by atoms with Crippen LogP contribution in [0, 0.1) is 18.6 Å². The number of para-hydroxylation sites is 1. The summed E-state index contributed by atoms with van der Waals surface area (Å²) in [5.41, 5.74) is 3.27. The molecule has 0 bridgehead atoms. The number of anilines is 1. The van der Waals surface area contributed by atoms with Gasteiger partial charge < -0.3 is 10.1 Å². The predicted octanol–water partition coefficient (Wildman–Crippen LogP) is 3.49. The molecule has 0 radical (unpaired) electrons. The number of aromatic nitrogens is 5. The second-order valence-corrected chi connectivity index (χ2v) is 9.53. The van der Waals surface area contributed by atoms with Crippen molar-refractivity contribution in [2.75, 3.05) is 38.7 Å². The van der Waals surface area contributed by atoms with Crippen LogP contribution in [-0.2, 0) is 11.8 Å². The zero-order valence-corrected chi connectivity index (χ0v) is 21.9. The Kier molecular flexibility index (Phi) is 7.66. The van der Waals surface area contributed by atoms with Crippen molar-refractivity contribution in [2.45, 2.75) is 18.9 Å². The smallest absolute Gasteiger partial charge is 0.320 e. The van der Waals surface area contributed by atoms with E-state index in [1.165, 1.54) is 10.9 Å². The highest BCUT2D eigenvalue weighted by Gasteiger charge is 2.35. The van der Waals surface area contributed by atoms with Gasteiger partial charge in [0.25, 0.3) is 0 Å². The van der Waals surface area contributed by atoms with E-state index >= 15 is 0 Å². The Morgan fingerprint density at radius 1 is 1.10 bits per heavy atom. The van der Waals surface area contributed by atoms with Crippen LogP contribution < -0.4 is 10.6 Å². The lowest BCUT2D eigenvalue weighted by Gasteiger charge is -2.21. The summed E-state index contributed by atoms with van der Waals surface area (Å²) >= 11 is 0. The van der Waals surface area contributed by atoms with E-state index in [1.54, 1.807) is 31.1 Å². The van der Waals surface area contributed by atoms with Gasteiger partial charge in [0.05, 0.1) is 24.5 Å². The number of ether oxygens (including phenoxy) is 1. The van der Waals surface area contributed by atoms with Gasteiger partial charge in [-0.25, -0.2) is 18.3 Å². The molecule has 1 aliphatic rings. The third kappa shape index (κ3) is 5.66. The standard InChI is InChI=1S/C27H30F2N8O2/c1-17-25(23-14-30-35(2)33-23)34-37(19-7-5-4-6-8-19)26(17)32-27(38)31-24-16-36(11-12-39-3)15-20(24)18-9-10-21(28)22(29)13-18/h4-10,13-14,20,24H,11-12,15-16H2,1-3H3,(H2,31,32,38). The first-order valence-corrected chi connectivity index (χ1v) is 12.6. The van der Waals surface area contributed by atoms with Gasteiger partial charge in [0, 0.05) is 45.3 Å². The summed E-state index contributed by atoms with van der Waals surface area (Å²) in [6, 6.07) is 12.6. The third-order valence-corrected chi connectivity index (χ3v) is 6.89. The normalized spacial score (nSPS) is 17.5.